The Morgan fingerprint density at radius 2 is 1.95 bits per heavy atom. The normalized spacial score (nSPS) is 12.2. The fraction of sp³-hybridized carbons (Fsp3) is 0.462. The number of aromatic carboxylic acids is 1. The number of benzene rings is 1. The molecule has 20 heavy (non-hydrogen) atoms. The van der Waals surface area contributed by atoms with Crippen molar-refractivity contribution in [2.24, 2.45) is 0 Å². The van der Waals surface area contributed by atoms with Crippen molar-refractivity contribution in [2.45, 2.75) is 25.5 Å². The summed E-state index contributed by atoms with van der Waals surface area (Å²) in [5, 5.41) is 8.90. The number of hydrogen-bond donors (Lipinski definition) is 1. The highest BCUT2D eigenvalue weighted by atomic mass is 32.2. The smallest absolute Gasteiger partial charge is 0.342 e. The number of carboxylic acids is 1. The maximum absolute atomic E-state index is 13.4. The van der Waals surface area contributed by atoms with Gasteiger partial charge in [-0.05, 0) is 32.9 Å². The van der Waals surface area contributed by atoms with E-state index in [1.54, 1.807) is 20.8 Å². The van der Waals surface area contributed by atoms with Crippen LogP contribution in [0.3, 0.4) is 0 Å². The molecule has 1 N–H and O–H groups in total. The molecule has 1 aromatic rings. The van der Waals surface area contributed by atoms with E-state index >= 15 is 0 Å². The van der Waals surface area contributed by atoms with Gasteiger partial charge in [0.1, 0.15) is 23.7 Å². The lowest BCUT2D eigenvalue weighted by molar-refractivity contribution is 0.0687. The maximum atomic E-state index is 13.4. The van der Waals surface area contributed by atoms with Crippen LogP contribution in [0.5, 0.6) is 5.75 Å². The summed E-state index contributed by atoms with van der Waals surface area (Å²) >= 11 is 0. The summed E-state index contributed by atoms with van der Waals surface area (Å²) < 4.78 is 41.3. The SMILES string of the molecule is CC(C)(C)S(=O)(=O)CCOc1cccc(F)c1C(=O)O. The number of sulfone groups is 1. The molecule has 0 aliphatic heterocycles. The zero-order valence-electron chi connectivity index (χ0n) is 11.5. The van der Waals surface area contributed by atoms with Gasteiger partial charge in [-0.25, -0.2) is 17.6 Å². The maximum Gasteiger partial charge on any atom is 0.342 e. The predicted molar refractivity (Wildman–Crippen MR) is 72.4 cm³/mol. The highest BCUT2D eigenvalue weighted by Crippen LogP contribution is 2.22. The van der Waals surface area contributed by atoms with E-state index < -0.39 is 31.9 Å². The summed E-state index contributed by atoms with van der Waals surface area (Å²) in [6.07, 6.45) is 0. The molecule has 0 aliphatic carbocycles. The Balaban J connectivity index is 2.83. The van der Waals surface area contributed by atoms with Crippen LogP contribution < -0.4 is 4.74 Å². The molecule has 1 rings (SSSR count). The molecular formula is C13H17FO5S. The lowest BCUT2D eigenvalue weighted by atomic mass is 10.2. The average Bonchev–Trinajstić information content (AvgIpc) is 2.26. The standard InChI is InChI=1S/C13H17FO5S/c1-13(2,3)20(17,18)8-7-19-10-6-4-5-9(14)11(10)12(15)16/h4-6H,7-8H2,1-3H3,(H,15,16). The summed E-state index contributed by atoms with van der Waals surface area (Å²) in [6.45, 7) is 4.46. The lowest BCUT2D eigenvalue weighted by Gasteiger charge is -2.19. The summed E-state index contributed by atoms with van der Waals surface area (Å²) in [5.74, 6) is -2.83. The molecule has 0 amide bonds. The minimum Gasteiger partial charge on any atom is -0.492 e. The highest BCUT2D eigenvalue weighted by molar-refractivity contribution is 7.92. The van der Waals surface area contributed by atoms with Gasteiger partial charge < -0.3 is 9.84 Å². The van der Waals surface area contributed by atoms with Gasteiger partial charge in [0.15, 0.2) is 9.84 Å². The second-order valence-electron chi connectivity index (χ2n) is 5.20. The van der Waals surface area contributed by atoms with Gasteiger partial charge in [-0.15, -0.1) is 0 Å². The Morgan fingerprint density at radius 3 is 2.45 bits per heavy atom. The van der Waals surface area contributed by atoms with E-state index in [9.17, 15) is 17.6 Å². The second kappa shape index (κ2) is 5.78. The third kappa shape index (κ3) is 3.69. The van der Waals surface area contributed by atoms with Crippen LogP contribution in [-0.2, 0) is 9.84 Å². The van der Waals surface area contributed by atoms with E-state index in [0.717, 1.165) is 6.07 Å². The molecule has 0 radical (unpaired) electrons. The van der Waals surface area contributed by atoms with E-state index in [1.807, 2.05) is 0 Å². The van der Waals surface area contributed by atoms with E-state index in [4.69, 9.17) is 9.84 Å². The van der Waals surface area contributed by atoms with Crippen molar-refractivity contribution in [3.63, 3.8) is 0 Å². The van der Waals surface area contributed by atoms with Crippen molar-refractivity contribution < 1.29 is 27.4 Å². The molecule has 0 saturated heterocycles. The van der Waals surface area contributed by atoms with Crippen molar-refractivity contribution in [1.29, 1.82) is 0 Å². The van der Waals surface area contributed by atoms with Gasteiger partial charge in [-0.3, -0.25) is 0 Å². The van der Waals surface area contributed by atoms with Crippen molar-refractivity contribution in [2.75, 3.05) is 12.4 Å². The molecule has 0 saturated carbocycles. The van der Waals surface area contributed by atoms with Gasteiger partial charge in [0.05, 0.1) is 10.5 Å². The monoisotopic (exact) mass is 304 g/mol. The first-order chi connectivity index (χ1) is 9.06. The van der Waals surface area contributed by atoms with Crippen LogP contribution in [0, 0.1) is 5.82 Å². The molecule has 0 fully saturated rings. The fourth-order valence-corrected chi connectivity index (χ4v) is 2.31. The average molecular weight is 304 g/mol. The third-order valence-corrected chi connectivity index (χ3v) is 5.30. The molecule has 7 heteroatoms. The van der Waals surface area contributed by atoms with Gasteiger partial charge in [0.2, 0.25) is 0 Å². The molecule has 0 aliphatic rings. The first-order valence-corrected chi connectivity index (χ1v) is 7.58. The van der Waals surface area contributed by atoms with Crippen LogP contribution in [0.4, 0.5) is 4.39 Å². The Hall–Kier alpha value is -1.63. The van der Waals surface area contributed by atoms with Crippen LogP contribution in [-0.4, -0.2) is 36.6 Å². The molecule has 1 aromatic carbocycles. The summed E-state index contributed by atoms with van der Waals surface area (Å²) in [5.41, 5.74) is -0.597. The number of rotatable bonds is 5. The van der Waals surface area contributed by atoms with Crippen molar-refractivity contribution in [3.05, 3.63) is 29.6 Å². The van der Waals surface area contributed by atoms with Gasteiger partial charge in [0.25, 0.3) is 0 Å². The van der Waals surface area contributed by atoms with Crippen molar-refractivity contribution >= 4 is 15.8 Å². The van der Waals surface area contributed by atoms with E-state index in [2.05, 4.69) is 0 Å². The summed E-state index contributed by atoms with van der Waals surface area (Å²) in [7, 11) is -3.38. The van der Waals surface area contributed by atoms with Crippen LogP contribution in [0.15, 0.2) is 18.2 Å². The Labute approximate surface area is 117 Å². The first-order valence-electron chi connectivity index (χ1n) is 5.93. The van der Waals surface area contributed by atoms with Gasteiger partial charge >= 0.3 is 5.97 Å². The zero-order chi connectivity index (χ0) is 15.6. The number of halogens is 1. The molecule has 0 heterocycles. The topological polar surface area (TPSA) is 80.7 Å². The first kappa shape index (κ1) is 16.4. The van der Waals surface area contributed by atoms with E-state index in [1.165, 1.54) is 12.1 Å². The summed E-state index contributed by atoms with van der Waals surface area (Å²) in [4.78, 5) is 10.9. The largest absolute Gasteiger partial charge is 0.492 e. The number of ether oxygens (including phenoxy) is 1. The molecule has 112 valence electrons. The van der Waals surface area contributed by atoms with Gasteiger partial charge in [-0.1, -0.05) is 6.07 Å². The lowest BCUT2D eigenvalue weighted by Crippen LogP contribution is -2.32. The van der Waals surface area contributed by atoms with Gasteiger partial charge in [-0.2, -0.15) is 0 Å². The molecular weight excluding hydrogens is 287 g/mol. The molecule has 0 aromatic heterocycles. The minimum absolute atomic E-state index is 0.179. The fourth-order valence-electron chi connectivity index (χ4n) is 1.40. The van der Waals surface area contributed by atoms with E-state index in [-0.39, 0.29) is 18.1 Å². The molecule has 0 unspecified atom stereocenters. The second-order valence-corrected chi connectivity index (χ2v) is 8.06. The van der Waals surface area contributed by atoms with Crippen molar-refractivity contribution in [3.8, 4) is 5.75 Å². The third-order valence-electron chi connectivity index (χ3n) is 2.73. The van der Waals surface area contributed by atoms with E-state index in [0.29, 0.717) is 0 Å². The van der Waals surface area contributed by atoms with Crippen LogP contribution in [0.2, 0.25) is 0 Å². The number of hydrogen-bond acceptors (Lipinski definition) is 4. The van der Waals surface area contributed by atoms with Gasteiger partial charge in [0, 0.05) is 0 Å². The molecule has 5 nitrogen and oxygen atoms in total. The van der Waals surface area contributed by atoms with Crippen LogP contribution >= 0.6 is 0 Å². The zero-order valence-corrected chi connectivity index (χ0v) is 12.3. The minimum atomic E-state index is -3.38. The van der Waals surface area contributed by atoms with Crippen LogP contribution in [0.25, 0.3) is 0 Å². The Kier molecular flexibility index (Phi) is 4.75. The Morgan fingerprint density at radius 1 is 1.35 bits per heavy atom. The summed E-state index contributed by atoms with van der Waals surface area (Å²) in [6, 6.07) is 3.59. The quantitative estimate of drug-likeness (QED) is 0.901. The molecule has 0 bridgehead atoms. The predicted octanol–water partition coefficient (Wildman–Crippen LogP) is 2.12. The number of carbonyl (C=O) groups is 1. The molecule has 0 spiro atoms. The number of carboxylic acid groups (broad SMARTS) is 1. The van der Waals surface area contributed by atoms with Crippen LogP contribution in [0.1, 0.15) is 31.1 Å². The van der Waals surface area contributed by atoms with Crippen molar-refractivity contribution in [1.82, 2.24) is 0 Å². The highest BCUT2D eigenvalue weighted by Gasteiger charge is 2.28. The Bertz CT molecular complexity index is 602. The molecule has 0 atom stereocenters.